The van der Waals surface area contributed by atoms with Gasteiger partial charge in [-0.2, -0.15) is 0 Å². The maximum atomic E-state index is 12.8. The van der Waals surface area contributed by atoms with Crippen LogP contribution in [0.5, 0.6) is 5.75 Å². The summed E-state index contributed by atoms with van der Waals surface area (Å²) >= 11 is 5.19. The fourth-order valence-electron chi connectivity index (χ4n) is 3.30. The van der Waals surface area contributed by atoms with Crippen molar-refractivity contribution in [2.45, 2.75) is 12.8 Å². The van der Waals surface area contributed by atoms with Gasteiger partial charge in [-0.25, -0.2) is 4.79 Å². The molecule has 1 aromatic heterocycles. The van der Waals surface area contributed by atoms with E-state index in [0.29, 0.717) is 27.9 Å². The summed E-state index contributed by atoms with van der Waals surface area (Å²) in [6.45, 7) is 1.99. The van der Waals surface area contributed by atoms with E-state index < -0.39 is 11.5 Å². The van der Waals surface area contributed by atoms with Gasteiger partial charge in [0.05, 0.1) is 22.4 Å². The van der Waals surface area contributed by atoms with Crippen LogP contribution in [0.15, 0.2) is 69.2 Å². The van der Waals surface area contributed by atoms with Gasteiger partial charge in [0.25, 0.3) is 0 Å². The van der Waals surface area contributed by atoms with Crippen LogP contribution in [0.2, 0.25) is 0 Å². The summed E-state index contributed by atoms with van der Waals surface area (Å²) in [5, 5.41) is 0.671. The molecule has 2 aromatic carbocycles. The molecular formula is C20H16N2O3S. The van der Waals surface area contributed by atoms with Crippen molar-refractivity contribution in [1.29, 1.82) is 0 Å². The lowest BCUT2D eigenvalue weighted by Crippen LogP contribution is -2.32. The largest absolute Gasteiger partial charge is 0.440 e. The SMILES string of the molecule is Cc1ccc([C@@H]2C(C(N)=S)=C(N)Oc3c2c(=O)oc2ccccc32)cc1. The van der Waals surface area contributed by atoms with Crippen LogP contribution in [0.25, 0.3) is 11.0 Å². The van der Waals surface area contributed by atoms with Gasteiger partial charge in [0, 0.05) is 0 Å². The minimum absolute atomic E-state index is 0.0892. The van der Waals surface area contributed by atoms with Gasteiger partial charge < -0.3 is 20.6 Å². The van der Waals surface area contributed by atoms with Gasteiger partial charge in [0.1, 0.15) is 10.6 Å². The zero-order valence-corrected chi connectivity index (χ0v) is 14.8. The molecule has 6 heteroatoms. The maximum Gasteiger partial charge on any atom is 0.344 e. The van der Waals surface area contributed by atoms with Crippen molar-refractivity contribution in [3.63, 3.8) is 0 Å². The Hall–Kier alpha value is -3.12. The molecule has 0 aliphatic carbocycles. The van der Waals surface area contributed by atoms with Crippen LogP contribution in [-0.4, -0.2) is 4.99 Å². The number of para-hydroxylation sites is 1. The lowest BCUT2D eigenvalue weighted by atomic mass is 9.83. The van der Waals surface area contributed by atoms with Crippen molar-refractivity contribution in [3.8, 4) is 5.75 Å². The molecule has 1 aliphatic heterocycles. The highest BCUT2D eigenvalue weighted by atomic mass is 32.1. The van der Waals surface area contributed by atoms with E-state index in [1.807, 2.05) is 43.3 Å². The van der Waals surface area contributed by atoms with E-state index in [9.17, 15) is 4.79 Å². The van der Waals surface area contributed by atoms with Gasteiger partial charge in [-0.05, 0) is 24.6 Å². The molecule has 4 N–H and O–H groups in total. The summed E-state index contributed by atoms with van der Waals surface area (Å²) in [7, 11) is 0. The molecule has 2 heterocycles. The number of benzene rings is 2. The molecule has 0 spiro atoms. The Kier molecular flexibility index (Phi) is 3.77. The first kappa shape index (κ1) is 16.4. The number of aryl methyl sites for hydroxylation is 1. The third kappa shape index (κ3) is 2.46. The van der Waals surface area contributed by atoms with E-state index in [-0.39, 0.29) is 10.9 Å². The minimum Gasteiger partial charge on any atom is -0.440 e. The second-order valence-corrected chi connectivity index (χ2v) is 6.66. The molecule has 4 rings (SSSR count). The van der Waals surface area contributed by atoms with E-state index in [0.717, 1.165) is 11.1 Å². The van der Waals surface area contributed by atoms with E-state index in [1.54, 1.807) is 12.1 Å². The zero-order valence-electron chi connectivity index (χ0n) is 14.0. The lowest BCUT2D eigenvalue weighted by Gasteiger charge is -2.28. The fourth-order valence-corrected chi connectivity index (χ4v) is 3.52. The molecule has 5 nitrogen and oxygen atoms in total. The smallest absolute Gasteiger partial charge is 0.344 e. The molecule has 1 atom stereocenters. The minimum atomic E-state index is -0.544. The number of hydrogen-bond acceptors (Lipinski definition) is 5. The summed E-state index contributed by atoms with van der Waals surface area (Å²) < 4.78 is 11.3. The van der Waals surface area contributed by atoms with E-state index >= 15 is 0 Å². The number of hydrogen-bond donors (Lipinski definition) is 2. The molecule has 0 unspecified atom stereocenters. The zero-order chi connectivity index (χ0) is 18.4. The summed E-state index contributed by atoms with van der Waals surface area (Å²) in [4.78, 5) is 12.9. The maximum absolute atomic E-state index is 12.8. The molecule has 0 amide bonds. The standard InChI is InChI=1S/C20H16N2O3S/c1-10-6-8-11(9-7-10)14-15-17(25-18(21)16(14)19(22)26)12-4-2-3-5-13(12)24-20(15)23/h2-9,14H,21H2,1H3,(H2,22,26)/t14-/m0/s1. The van der Waals surface area contributed by atoms with Gasteiger partial charge in [0.2, 0.25) is 0 Å². The summed E-state index contributed by atoms with van der Waals surface area (Å²) in [5.41, 5.74) is 14.7. The van der Waals surface area contributed by atoms with Gasteiger partial charge in [-0.15, -0.1) is 0 Å². The second-order valence-electron chi connectivity index (χ2n) is 6.22. The molecule has 0 saturated heterocycles. The first-order valence-electron chi connectivity index (χ1n) is 8.07. The van der Waals surface area contributed by atoms with Crippen molar-refractivity contribution in [2.24, 2.45) is 11.5 Å². The Bertz CT molecular complexity index is 1130. The highest BCUT2D eigenvalue weighted by Crippen LogP contribution is 2.43. The Morgan fingerprint density at radius 1 is 1.12 bits per heavy atom. The van der Waals surface area contributed by atoms with Crippen LogP contribution >= 0.6 is 12.2 Å². The topological polar surface area (TPSA) is 91.5 Å². The van der Waals surface area contributed by atoms with Gasteiger partial charge in [-0.1, -0.05) is 54.2 Å². The van der Waals surface area contributed by atoms with Crippen molar-refractivity contribution in [3.05, 3.63) is 87.1 Å². The Labute approximate surface area is 154 Å². The second kappa shape index (κ2) is 6.00. The van der Waals surface area contributed by atoms with Crippen LogP contribution in [-0.2, 0) is 0 Å². The molecule has 130 valence electrons. The third-order valence-electron chi connectivity index (χ3n) is 4.53. The normalized spacial score (nSPS) is 16.3. The van der Waals surface area contributed by atoms with E-state index in [1.165, 1.54) is 0 Å². The monoisotopic (exact) mass is 364 g/mol. The van der Waals surface area contributed by atoms with Gasteiger partial charge in [0.15, 0.2) is 11.6 Å². The average Bonchev–Trinajstić information content (AvgIpc) is 2.61. The number of thiocarbonyl (C=S) groups is 1. The Balaban J connectivity index is 2.08. The average molecular weight is 364 g/mol. The summed E-state index contributed by atoms with van der Waals surface area (Å²) in [6.07, 6.45) is 0. The molecule has 0 fully saturated rings. The van der Waals surface area contributed by atoms with Crippen LogP contribution < -0.4 is 21.8 Å². The van der Waals surface area contributed by atoms with Crippen LogP contribution in [0.1, 0.15) is 22.6 Å². The predicted octanol–water partition coefficient (Wildman–Crippen LogP) is 3.08. The lowest BCUT2D eigenvalue weighted by molar-refractivity contribution is 0.389. The fraction of sp³-hybridized carbons (Fsp3) is 0.100. The molecule has 0 bridgehead atoms. The Morgan fingerprint density at radius 3 is 2.50 bits per heavy atom. The first-order chi connectivity index (χ1) is 12.5. The van der Waals surface area contributed by atoms with Crippen LogP contribution in [0.4, 0.5) is 0 Å². The van der Waals surface area contributed by atoms with E-state index in [2.05, 4.69) is 0 Å². The van der Waals surface area contributed by atoms with Crippen LogP contribution in [0.3, 0.4) is 0 Å². The quantitative estimate of drug-likeness (QED) is 0.536. The summed E-state index contributed by atoms with van der Waals surface area (Å²) in [5.74, 6) is -0.0519. The number of nitrogens with two attached hydrogens (primary N) is 2. The van der Waals surface area contributed by atoms with Crippen LogP contribution in [0, 0.1) is 6.92 Å². The molecule has 3 aromatic rings. The number of rotatable bonds is 2. The van der Waals surface area contributed by atoms with Crippen molar-refractivity contribution in [1.82, 2.24) is 0 Å². The van der Waals surface area contributed by atoms with Crippen molar-refractivity contribution >= 4 is 28.2 Å². The first-order valence-corrected chi connectivity index (χ1v) is 8.48. The predicted molar refractivity (Wildman–Crippen MR) is 104 cm³/mol. The van der Waals surface area contributed by atoms with Gasteiger partial charge >= 0.3 is 5.63 Å². The molecule has 26 heavy (non-hydrogen) atoms. The van der Waals surface area contributed by atoms with Crippen molar-refractivity contribution < 1.29 is 9.15 Å². The third-order valence-corrected chi connectivity index (χ3v) is 4.75. The number of ether oxygens (including phenoxy) is 1. The van der Waals surface area contributed by atoms with E-state index in [4.69, 9.17) is 32.8 Å². The molecular weight excluding hydrogens is 348 g/mol. The summed E-state index contributed by atoms with van der Waals surface area (Å²) in [6, 6.07) is 14.9. The highest BCUT2D eigenvalue weighted by Gasteiger charge is 2.36. The number of fused-ring (bicyclic) bond motifs is 3. The molecule has 0 radical (unpaired) electrons. The molecule has 0 saturated carbocycles. The Morgan fingerprint density at radius 2 is 1.81 bits per heavy atom. The highest BCUT2D eigenvalue weighted by molar-refractivity contribution is 7.80. The van der Waals surface area contributed by atoms with Gasteiger partial charge in [-0.3, -0.25) is 0 Å². The van der Waals surface area contributed by atoms with Crippen molar-refractivity contribution in [2.75, 3.05) is 0 Å². The molecule has 1 aliphatic rings.